The zero-order valence-electron chi connectivity index (χ0n) is 9.77. The summed E-state index contributed by atoms with van der Waals surface area (Å²) in [6.07, 6.45) is 0. The van der Waals surface area contributed by atoms with E-state index in [1.807, 2.05) is 32.2 Å². The van der Waals surface area contributed by atoms with Gasteiger partial charge in [-0.15, -0.1) is 11.3 Å². The molecule has 0 amide bonds. The van der Waals surface area contributed by atoms with Crippen LogP contribution in [0, 0.1) is 6.92 Å². The molecule has 86 valence electrons. The van der Waals surface area contributed by atoms with Gasteiger partial charge in [0.05, 0.1) is 21.6 Å². The van der Waals surface area contributed by atoms with Crippen LogP contribution in [0.1, 0.15) is 5.56 Å². The van der Waals surface area contributed by atoms with Crippen molar-refractivity contribution < 1.29 is 0 Å². The summed E-state index contributed by atoms with van der Waals surface area (Å²) in [5.74, 6) is 0.946. The molecule has 17 heavy (non-hydrogen) atoms. The number of imidazole rings is 1. The Bertz CT molecular complexity index is 694. The van der Waals surface area contributed by atoms with Crippen molar-refractivity contribution in [1.82, 2.24) is 9.55 Å². The van der Waals surface area contributed by atoms with Gasteiger partial charge in [0.15, 0.2) is 5.82 Å². The lowest BCUT2D eigenvalue weighted by atomic mass is 10.3. The van der Waals surface area contributed by atoms with Crippen molar-refractivity contribution in [3.8, 4) is 10.7 Å². The minimum atomic E-state index is 0.841. The first-order valence-corrected chi connectivity index (χ1v) is 6.32. The van der Waals surface area contributed by atoms with Gasteiger partial charge in [-0.05, 0) is 30.0 Å². The fourth-order valence-electron chi connectivity index (χ4n) is 1.98. The van der Waals surface area contributed by atoms with Gasteiger partial charge < -0.3 is 10.3 Å². The Labute approximate surface area is 104 Å². The normalized spacial score (nSPS) is 11.2. The lowest BCUT2D eigenvalue weighted by Gasteiger charge is -2.01. The van der Waals surface area contributed by atoms with Gasteiger partial charge >= 0.3 is 0 Å². The molecule has 0 spiro atoms. The summed E-state index contributed by atoms with van der Waals surface area (Å²) in [6.45, 7) is 2.03. The maximum absolute atomic E-state index is 6.08. The van der Waals surface area contributed by atoms with Gasteiger partial charge in [0.2, 0.25) is 0 Å². The highest BCUT2D eigenvalue weighted by atomic mass is 32.1. The van der Waals surface area contributed by atoms with E-state index in [0.717, 1.165) is 33.0 Å². The number of hydrogen-bond acceptors (Lipinski definition) is 3. The van der Waals surface area contributed by atoms with Crippen LogP contribution in [-0.4, -0.2) is 9.55 Å². The number of fused-ring (bicyclic) bond motifs is 1. The van der Waals surface area contributed by atoms with Crippen molar-refractivity contribution in [3.05, 3.63) is 35.2 Å². The fourth-order valence-corrected chi connectivity index (χ4v) is 2.97. The third kappa shape index (κ3) is 1.45. The minimum absolute atomic E-state index is 0.841. The van der Waals surface area contributed by atoms with Gasteiger partial charge in [0.25, 0.3) is 0 Å². The van der Waals surface area contributed by atoms with Gasteiger partial charge in [-0.25, -0.2) is 4.98 Å². The van der Waals surface area contributed by atoms with E-state index in [1.54, 1.807) is 11.3 Å². The lowest BCUT2D eigenvalue weighted by Crippen LogP contribution is -1.94. The number of hydrogen-bond donors (Lipinski definition) is 1. The smallest absolute Gasteiger partial charge is 0.153 e. The standard InChI is InChI=1S/C13H13N3S/c1-8-7-17-12(11(8)14)13-15-9-5-3-4-6-10(9)16(13)2/h3-7H,14H2,1-2H3. The summed E-state index contributed by atoms with van der Waals surface area (Å²) in [5, 5.41) is 2.07. The molecule has 3 nitrogen and oxygen atoms in total. The van der Waals surface area contributed by atoms with Crippen LogP contribution >= 0.6 is 11.3 Å². The number of anilines is 1. The Balaban J connectivity index is 2.31. The Morgan fingerprint density at radius 1 is 1.29 bits per heavy atom. The van der Waals surface area contributed by atoms with E-state index in [9.17, 15) is 0 Å². The monoisotopic (exact) mass is 243 g/mol. The molecule has 0 bridgehead atoms. The van der Waals surface area contributed by atoms with Crippen molar-refractivity contribution in [2.45, 2.75) is 6.92 Å². The predicted molar refractivity (Wildman–Crippen MR) is 73.2 cm³/mol. The number of nitrogens with zero attached hydrogens (tertiary/aromatic N) is 2. The fraction of sp³-hybridized carbons (Fsp3) is 0.154. The molecule has 0 aliphatic heterocycles. The minimum Gasteiger partial charge on any atom is -0.397 e. The largest absolute Gasteiger partial charge is 0.397 e. The molecule has 2 heterocycles. The third-order valence-corrected chi connectivity index (χ3v) is 4.12. The van der Waals surface area contributed by atoms with Crippen molar-refractivity contribution in [1.29, 1.82) is 0 Å². The number of para-hydroxylation sites is 2. The highest BCUT2D eigenvalue weighted by molar-refractivity contribution is 7.14. The SMILES string of the molecule is Cc1csc(-c2nc3ccccc3n2C)c1N. The number of rotatable bonds is 1. The summed E-state index contributed by atoms with van der Waals surface area (Å²) >= 11 is 1.65. The first-order valence-electron chi connectivity index (χ1n) is 5.44. The third-order valence-electron chi connectivity index (χ3n) is 3.01. The van der Waals surface area contributed by atoms with Gasteiger partial charge in [-0.1, -0.05) is 12.1 Å². The highest BCUT2D eigenvalue weighted by Crippen LogP contribution is 2.35. The van der Waals surface area contributed by atoms with Gasteiger partial charge in [-0.3, -0.25) is 0 Å². The Hall–Kier alpha value is -1.81. The molecule has 0 unspecified atom stereocenters. The molecule has 0 aliphatic carbocycles. The number of nitrogens with two attached hydrogens (primary N) is 1. The van der Waals surface area contributed by atoms with Crippen LogP contribution < -0.4 is 5.73 Å². The zero-order chi connectivity index (χ0) is 12.0. The molecule has 2 N–H and O–H groups in total. The van der Waals surface area contributed by atoms with E-state index >= 15 is 0 Å². The molecule has 0 fully saturated rings. The Morgan fingerprint density at radius 2 is 2.06 bits per heavy atom. The number of nitrogen functional groups attached to an aromatic ring is 1. The van der Waals surface area contributed by atoms with E-state index in [0.29, 0.717) is 0 Å². The molecule has 4 heteroatoms. The summed E-state index contributed by atoms with van der Waals surface area (Å²) in [4.78, 5) is 5.71. The molecule has 0 saturated heterocycles. The summed E-state index contributed by atoms with van der Waals surface area (Å²) < 4.78 is 2.09. The zero-order valence-corrected chi connectivity index (χ0v) is 10.6. The predicted octanol–water partition coefficient (Wildman–Crippen LogP) is 3.19. The van der Waals surface area contributed by atoms with Crippen LogP contribution in [-0.2, 0) is 7.05 Å². The van der Waals surface area contributed by atoms with E-state index < -0.39 is 0 Å². The molecule has 0 aliphatic rings. The molecule has 0 radical (unpaired) electrons. The van der Waals surface area contributed by atoms with Crippen LogP contribution in [0.15, 0.2) is 29.6 Å². The van der Waals surface area contributed by atoms with Crippen LogP contribution in [0.3, 0.4) is 0 Å². The second-order valence-electron chi connectivity index (χ2n) is 4.14. The van der Waals surface area contributed by atoms with Gasteiger partial charge in [0.1, 0.15) is 0 Å². The summed E-state index contributed by atoms with van der Waals surface area (Å²) in [7, 11) is 2.03. The first-order chi connectivity index (χ1) is 8.18. The van der Waals surface area contributed by atoms with E-state index in [-0.39, 0.29) is 0 Å². The molecule has 2 aromatic heterocycles. The number of aromatic nitrogens is 2. The molecule has 0 saturated carbocycles. The Kier molecular flexibility index (Phi) is 2.19. The highest BCUT2D eigenvalue weighted by Gasteiger charge is 2.14. The maximum atomic E-state index is 6.08. The second-order valence-corrected chi connectivity index (χ2v) is 5.02. The van der Waals surface area contributed by atoms with Crippen molar-refractivity contribution >= 4 is 28.1 Å². The second kappa shape index (κ2) is 3.60. The topological polar surface area (TPSA) is 43.8 Å². The molecule has 0 atom stereocenters. The number of thiophene rings is 1. The van der Waals surface area contributed by atoms with E-state index in [2.05, 4.69) is 21.0 Å². The molecule has 3 aromatic rings. The van der Waals surface area contributed by atoms with Crippen molar-refractivity contribution in [2.75, 3.05) is 5.73 Å². The molecule has 3 rings (SSSR count). The summed E-state index contributed by atoms with van der Waals surface area (Å²) in [5.41, 5.74) is 10.2. The van der Waals surface area contributed by atoms with Crippen LogP contribution in [0.5, 0.6) is 0 Å². The molecular weight excluding hydrogens is 230 g/mol. The molecular formula is C13H13N3S. The van der Waals surface area contributed by atoms with Crippen molar-refractivity contribution in [2.24, 2.45) is 7.05 Å². The quantitative estimate of drug-likeness (QED) is 0.713. The number of aryl methyl sites for hydroxylation is 2. The first kappa shape index (κ1) is 10.4. The van der Waals surface area contributed by atoms with Gasteiger partial charge in [-0.2, -0.15) is 0 Å². The maximum Gasteiger partial charge on any atom is 0.153 e. The number of benzene rings is 1. The Morgan fingerprint density at radius 3 is 2.71 bits per heavy atom. The summed E-state index contributed by atoms with van der Waals surface area (Å²) in [6, 6.07) is 8.12. The average molecular weight is 243 g/mol. The average Bonchev–Trinajstić information content (AvgIpc) is 2.83. The van der Waals surface area contributed by atoms with Crippen LogP contribution in [0.4, 0.5) is 5.69 Å². The van der Waals surface area contributed by atoms with Gasteiger partial charge in [0, 0.05) is 7.05 Å². The molecule has 1 aromatic carbocycles. The van der Waals surface area contributed by atoms with E-state index in [4.69, 9.17) is 5.73 Å². The van der Waals surface area contributed by atoms with Crippen molar-refractivity contribution in [3.63, 3.8) is 0 Å². The van der Waals surface area contributed by atoms with Crippen LogP contribution in [0.25, 0.3) is 21.7 Å². The van der Waals surface area contributed by atoms with Crippen LogP contribution in [0.2, 0.25) is 0 Å². The van der Waals surface area contributed by atoms with E-state index in [1.165, 1.54) is 0 Å². The lowest BCUT2D eigenvalue weighted by molar-refractivity contribution is 0.963.